The van der Waals surface area contributed by atoms with Gasteiger partial charge in [0.2, 0.25) is 0 Å². The number of nitrogens with one attached hydrogen (secondary N) is 2. The number of thioether (sulfide) groups is 1. The summed E-state index contributed by atoms with van der Waals surface area (Å²) in [6.45, 7) is 3.63. The maximum absolute atomic E-state index is 4.42. The standard InChI is InChI=1S/C11H15N5S2/c1-3-13-9-4-10(16-11(15-9)17-2)14-6-8-5-12-7-18-8/h4-5,7H,3,6H2,1-2H3,(H2,13,14,15,16). The molecule has 0 saturated carbocycles. The topological polar surface area (TPSA) is 62.7 Å². The quantitative estimate of drug-likeness (QED) is 0.627. The van der Waals surface area contributed by atoms with Crippen molar-refractivity contribution in [1.82, 2.24) is 15.0 Å². The zero-order chi connectivity index (χ0) is 12.8. The van der Waals surface area contributed by atoms with Crippen molar-refractivity contribution in [2.24, 2.45) is 0 Å². The highest BCUT2D eigenvalue weighted by molar-refractivity contribution is 7.98. The van der Waals surface area contributed by atoms with Crippen molar-refractivity contribution < 1.29 is 0 Å². The van der Waals surface area contributed by atoms with Gasteiger partial charge < -0.3 is 10.6 Å². The lowest BCUT2D eigenvalue weighted by atomic mass is 10.4. The molecule has 0 aliphatic rings. The molecule has 2 N–H and O–H groups in total. The molecule has 0 bridgehead atoms. The summed E-state index contributed by atoms with van der Waals surface area (Å²) in [6.07, 6.45) is 3.83. The van der Waals surface area contributed by atoms with Gasteiger partial charge in [0, 0.05) is 23.7 Å². The van der Waals surface area contributed by atoms with E-state index in [2.05, 4.69) is 25.6 Å². The molecule has 18 heavy (non-hydrogen) atoms. The molecule has 0 unspecified atom stereocenters. The van der Waals surface area contributed by atoms with E-state index >= 15 is 0 Å². The van der Waals surface area contributed by atoms with E-state index in [4.69, 9.17) is 0 Å². The Labute approximate surface area is 114 Å². The van der Waals surface area contributed by atoms with Crippen LogP contribution in [0.3, 0.4) is 0 Å². The molecule has 2 aromatic heterocycles. The molecular weight excluding hydrogens is 266 g/mol. The van der Waals surface area contributed by atoms with Crippen molar-refractivity contribution in [2.75, 3.05) is 23.4 Å². The first-order valence-corrected chi connectivity index (χ1v) is 7.70. The maximum atomic E-state index is 4.42. The van der Waals surface area contributed by atoms with Gasteiger partial charge in [0.25, 0.3) is 0 Å². The summed E-state index contributed by atoms with van der Waals surface area (Å²) in [7, 11) is 0. The Balaban J connectivity index is 2.08. The zero-order valence-corrected chi connectivity index (χ0v) is 11.9. The second kappa shape index (κ2) is 6.55. The normalized spacial score (nSPS) is 10.3. The van der Waals surface area contributed by atoms with Crippen LogP contribution in [0.15, 0.2) is 22.9 Å². The molecule has 0 aliphatic carbocycles. The minimum Gasteiger partial charge on any atom is -0.370 e. The van der Waals surface area contributed by atoms with Crippen LogP contribution in [-0.4, -0.2) is 27.8 Å². The molecule has 0 spiro atoms. The predicted octanol–water partition coefficient (Wildman–Crippen LogP) is 2.70. The highest BCUT2D eigenvalue weighted by atomic mass is 32.2. The fourth-order valence-electron chi connectivity index (χ4n) is 1.39. The summed E-state index contributed by atoms with van der Waals surface area (Å²) in [6, 6.07) is 1.92. The Hall–Kier alpha value is -1.34. The van der Waals surface area contributed by atoms with Crippen molar-refractivity contribution in [2.45, 2.75) is 18.6 Å². The average molecular weight is 281 g/mol. The van der Waals surface area contributed by atoms with E-state index < -0.39 is 0 Å². The van der Waals surface area contributed by atoms with Crippen LogP contribution in [0.5, 0.6) is 0 Å². The fourth-order valence-corrected chi connectivity index (χ4v) is 2.30. The summed E-state index contributed by atoms with van der Waals surface area (Å²) >= 11 is 3.16. The largest absolute Gasteiger partial charge is 0.370 e. The van der Waals surface area contributed by atoms with Gasteiger partial charge in [0.1, 0.15) is 11.6 Å². The average Bonchev–Trinajstić information content (AvgIpc) is 2.89. The van der Waals surface area contributed by atoms with E-state index in [-0.39, 0.29) is 0 Å². The summed E-state index contributed by atoms with van der Waals surface area (Å²) in [5, 5.41) is 7.25. The van der Waals surface area contributed by atoms with E-state index in [1.807, 2.05) is 31.0 Å². The highest BCUT2D eigenvalue weighted by Crippen LogP contribution is 2.18. The Kier molecular flexibility index (Phi) is 4.77. The van der Waals surface area contributed by atoms with Crippen LogP contribution in [-0.2, 0) is 6.54 Å². The fraction of sp³-hybridized carbons (Fsp3) is 0.364. The molecule has 2 aromatic rings. The number of rotatable bonds is 6. The van der Waals surface area contributed by atoms with Gasteiger partial charge in [-0.15, -0.1) is 11.3 Å². The van der Waals surface area contributed by atoms with Crippen LogP contribution in [0.1, 0.15) is 11.8 Å². The van der Waals surface area contributed by atoms with Crippen molar-refractivity contribution >= 4 is 34.7 Å². The number of anilines is 2. The second-order valence-corrected chi connectivity index (χ2v) is 5.22. The van der Waals surface area contributed by atoms with Gasteiger partial charge in [-0.05, 0) is 13.2 Å². The van der Waals surface area contributed by atoms with Gasteiger partial charge in [-0.3, -0.25) is 4.98 Å². The van der Waals surface area contributed by atoms with E-state index in [1.165, 1.54) is 16.6 Å². The molecule has 0 aliphatic heterocycles. The SMILES string of the molecule is CCNc1cc(NCc2cncs2)nc(SC)n1. The number of hydrogen-bond acceptors (Lipinski definition) is 7. The first-order chi connectivity index (χ1) is 8.81. The van der Waals surface area contributed by atoms with Crippen molar-refractivity contribution in [3.05, 3.63) is 22.7 Å². The summed E-state index contributed by atoms with van der Waals surface area (Å²) in [5.74, 6) is 1.68. The van der Waals surface area contributed by atoms with Crippen LogP contribution in [0, 0.1) is 0 Å². The molecule has 0 radical (unpaired) electrons. The van der Waals surface area contributed by atoms with Crippen LogP contribution in [0.25, 0.3) is 0 Å². The first-order valence-electron chi connectivity index (χ1n) is 5.60. The third-order valence-corrected chi connectivity index (χ3v) is 3.50. The van der Waals surface area contributed by atoms with E-state index in [0.29, 0.717) is 0 Å². The highest BCUT2D eigenvalue weighted by Gasteiger charge is 2.03. The third kappa shape index (κ3) is 3.58. The van der Waals surface area contributed by atoms with Crippen LogP contribution < -0.4 is 10.6 Å². The van der Waals surface area contributed by atoms with Gasteiger partial charge >= 0.3 is 0 Å². The molecule has 96 valence electrons. The molecule has 0 saturated heterocycles. The maximum Gasteiger partial charge on any atom is 0.191 e. The molecule has 5 nitrogen and oxygen atoms in total. The van der Waals surface area contributed by atoms with E-state index in [9.17, 15) is 0 Å². The lowest BCUT2D eigenvalue weighted by molar-refractivity contribution is 0.952. The Morgan fingerprint density at radius 2 is 2.06 bits per heavy atom. The Morgan fingerprint density at radius 3 is 2.67 bits per heavy atom. The molecular formula is C11H15N5S2. The minimum atomic E-state index is 0.737. The number of aromatic nitrogens is 3. The first kappa shape index (κ1) is 13.1. The van der Waals surface area contributed by atoms with Gasteiger partial charge in [0.15, 0.2) is 5.16 Å². The number of hydrogen-bond donors (Lipinski definition) is 2. The van der Waals surface area contributed by atoms with Gasteiger partial charge in [0.05, 0.1) is 12.1 Å². The summed E-state index contributed by atoms with van der Waals surface area (Å²) in [5.41, 5.74) is 1.83. The monoisotopic (exact) mass is 281 g/mol. The number of thiazole rings is 1. The third-order valence-electron chi connectivity index (χ3n) is 2.17. The smallest absolute Gasteiger partial charge is 0.191 e. The van der Waals surface area contributed by atoms with Crippen molar-refractivity contribution in [3.63, 3.8) is 0 Å². The van der Waals surface area contributed by atoms with Crippen molar-refractivity contribution in [3.8, 4) is 0 Å². The number of nitrogens with zero attached hydrogens (tertiary/aromatic N) is 3. The van der Waals surface area contributed by atoms with Crippen LogP contribution in [0.4, 0.5) is 11.6 Å². The Bertz CT molecular complexity index is 486. The van der Waals surface area contributed by atoms with Gasteiger partial charge in [-0.1, -0.05) is 11.8 Å². The summed E-state index contributed by atoms with van der Waals surface area (Å²) in [4.78, 5) is 14.0. The molecule has 2 rings (SSSR count). The Morgan fingerprint density at radius 1 is 1.28 bits per heavy atom. The summed E-state index contributed by atoms with van der Waals surface area (Å²) < 4.78 is 0. The predicted molar refractivity (Wildman–Crippen MR) is 77.4 cm³/mol. The lowest BCUT2D eigenvalue weighted by Gasteiger charge is -2.08. The molecule has 7 heteroatoms. The molecule has 0 amide bonds. The minimum absolute atomic E-state index is 0.737. The van der Waals surface area contributed by atoms with Gasteiger partial charge in [-0.25, -0.2) is 9.97 Å². The van der Waals surface area contributed by atoms with Gasteiger partial charge in [-0.2, -0.15) is 0 Å². The zero-order valence-electron chi connectivity index (χ0n) is 10.3. The molecule has 0 atom stereocenters. The van der Waals surface area contributed by atoms with Crippen molar-refractivity contribution in [1.29, 1.82) is 0 Å². The second-order valence-electron chi connectivity index (χ2n) is 3.48. The molecule has 2 heterocycles. The van der Waals surface area contributed by atoms with E-state index in [1.54, 1.807) is 11.3 Å². The van der Waals surface area contributed by atoms with Crippen LogP contribution >= 0.6 is 23.1 Å². The molecule has 0 fully saturated rings. The molecule has 0 aromatic carbocycles. The van der Waals surface area contributed by atoms with E-state index in [0.717, 1.165) is 29.9 Å². The van der Waals surface area contributed by atoms with Crippen LogP contribution in [0.2, 0.25) is 0 Å². The lowest BCUT2D eigenvalue weighted by Crippen LogP contribution is -2.05.